The molecule has 2 aromatic rings. The Balaban J connectivity index is 1.48. The summed E-state index contributed by atoms with van der Waals surface area (Å²) in [6, 6.07) is 8.84. The van der Waals surface area contributed by atoms with Gasteiger partial charge in [0.05, 0.1) is 11.0 Å². The van der Waals surface area contributed by atoms with Gasteiger partial charge in [-0.3, -0.25) is 19.1 Å². The van der Waals surface area contributed by atoms with E-state index in [-0.39, 0.29) is 6.04 Å². The van der Waals surface area contributed by atoms with Crippen molar-refractivity contribution in [1.82, 2.24) is 14.5 Å². The second kappa shape index (κ2) is 7.21. The molecule has 0 radical (unpaired) electrons. The highest BCUT2D eigenvalue weighted by Crippen LogP contribution is 2.39. The van der Waals surface area contributed by atoms with E-state index in [9.17, 15) is 9.59 Å². The summed E-state index contributed by atoms with van der Waals surface area (Å²) in [6.45, 7) is 0. The van der Waals surface area contributed by atoms with Gasteiger partial charge in [-0.1, -0.05) is 49.3 Å². The zero-order valence-electron chi connectivity index (χ0n) is 16.1. The Morgan fingerprint density at radius 1 is 0.893 bits per heavy atom. The summed E-state index contributed by atoms with van der Waals surface area (Å²) < 4.78 is 1.76. The van der Waals surface area contributed by atoms with Gasteiger partial charge in [0.1, 0.15) is 0 Å². The summed E-state index contributed by atoms with van der Waals surface area (Å²) in [6.07, 6.45) is 17.4. The molecular weight excluding hydrogens is 350 g/mol. The minimum Gasteiger partial charge on any atom is -0.316 e. The van der Waals surface area contributed by atoms with Gasteiger partial charge in [-0.05, 0) is 44.2 Å². The lowest BCUT2D eigenvalue weighted by Gasteiger charge is -2.43. The summed E-state index contributed by atoms with van der Waals surface area (Å²) in [4.78, 5) is 30.4. The first-order chi connectivity index (χ1) is 13.7. The second-order valence-electron chi connectivity index (χ2n) is 8.37. The molecule has 1 aliphatic carbocycles. The van der Waals surface area contributed by atoms with Gasteiger partial charge in [0.15, 0.2) is 0 Å². The standard InChI is InChI=1S/C23H27N3O2/c27-22-23(28)26(21-11-7-6-10-20(21)24-22)19-14-17-12-13-18(15-19)25(17)16-8-4-2-1-3-5-9-16/h4,6-8,10-13,16-19H,1-3,5,9,14-15H2,(H,24,27). The van der Waals surface area contributed by atoms with Gasteiger partial charge in [-0.15, -0.1) is 0 Å². The number of piperidine rings is 1. The van der Waals surface area contributed by atoms with Crippen LogP contribution in [0.5, 0.6) is 0 Å². The molecule has 0 amide bonds. The lowest BCUT2D eigenvalue weighted by molar-refractivity contribution is 0.0880. The number of benzene rings is 1. The van der Waals surface area contributed by atoms with Crippen molar-refractivity contribution in [1.29, 1.82) is 0 Å². The number of allylic oxidation sites excluding steroid dienone is 1. The smallest absolute Gasteiger partial charge is 0.316 e. The van der Waals surface area contributed by atoms with Crippen LogP contribution in [0.25, 0.3) is 11.0 Å². The molecule has 1 saturated heterocycles. The van der Waals surface area contributed by atoms with Crippen LogP contribution in [0.4, 0.5) is 0 Å². The molecule has 3 heterocycles. The number of rotatable bonds is 2. The summed E-state index contributed by atoms with van der Waals surface area (Å²) in [7, 11) is 0. The normalized spacial score (nSPS) is 30.4. The van der Waals surface area contributed by atoms with Crippen molar-refractivity contribution in [2.75, 3.05) is 0 Å². The minimum absolute atomic E-state index is 0.0542. The number of fused-ring (bicyclic) bond motifs is 3. The molecule has 1 aromatic carbocycles. The average molecular weight is 377 g/mol. The third kappa shape index (κ3) is 2.98. The quantitative estimate of drug-likeness (QED) is 0.643. The van der Waals surface area contributed by atoms with Gasteiger partial charge >= 0.3 is 11.1 Å². The van der Waals surface area contributed by atoms with Crippen LogP contribution in [0.1, 0.15) is 51.0 Å². The fourth-order valence-corrected chi connectivity index (χ4v) is 5.40. The van der Waals surface area contributed by atoms with Crippen LogP contribution < -0.4 is 11.1 Å². The Morgan fingerprint density at radius 2 is 1.68 bits per heavy atom. The van der Waals surface area contributed by atoms with Gasteiger partial charge in [0, 0.05) is 24.2 Å². The number of aromatic nitrogens is 2. The zero-order chi connectivity index (χ0) is 19.1. The summed E-state index contributed by atoms with van der Waals surface area (Å²) in [5.41, 5.74) is 0.611. The molecular formula is C23H27N3O2. The monoisotopic (exact) mass is 377 g/mol. The Hall–Kier alpha value is -2.40. The maximum absolute atomic E-state index is 12.8. The summed E-state index contributed by atoms with van der Waals surface area (Å²) >= 11 is 0. The van der Waals surface area contributed by atoms with E-state index < -0.39 is 11.1 Å². The average Bonchev–Trinajstić information content (AvgIpc) is 2.92. The van der Waals surface area contributed by atoms with Gasteiger partial charge in [0.2, 0.25) is 0 Å². The number of aromatic amines is 1. The molecule has 3 atom stereocenters. The third-order valence-electron chi connectivity index (χ3n) is 6.65. The fraction of sp³-hybridized carbons (Fsp3) is 0.478. The lowest BCUT2D eigenvalue weighted by Crippen LogP contribution is -2.51. The van der Waals surface area contributed by atoms with Crippen molar-refractivity contribution >= 4 is 11.0 Å². The van der Waals surface area contributed by atoms with Crippen LogP contribution in [0.2, 0.25) is 0 Å². The van der Waals surface area contributed by atoms with E-state index in [1.807, 2.05) is 24.3 Å². The van der Waals surface area contributed by atoms with Crippen LogP contribution in [0, 0.1) is 0 Å². The molecule has 3 unspecified atom stereocenters. The topological polar surface area (TPSA) is 58.1 Å². The van der Waals surface area contributed by atoms with Crippen LogP contribution in [0.15, 0.2) is 58.2 Å². The summed E-state index contributed by atoms with van der Waals surface area (Å²) in [5, 5.41) is 0. The molecule has 28 heavy (non-hydrogen) atoms. The Kier molecular flexibility index (Phi) is 4.55. The van der Waals surface area contributed by atoms with Crippen LogP contribution in [0.3, 0.4) is 0 Å². The van der Waals surface area contributed by atoms with E-state index in [0.29, 0.717) is 18.1 Å². The first-order valence-electron chi connectivity index (χ1n) is 10.6. The number of hydrogen-bond acceptors (Lipinski definition) is 3. The van der Waals surface area contributed by atoms with Crippen LogP contribution >= 0.6 is 0 Å². The Bertz CT molecular complexity index is 1030. The largest absolute Gasteiger partial charge is 0.316 e. The molecule has 146 valence electrons. The molecule has 1 N–H and O–H groups in total. The van der Waals surface area contributed by atoms with Crippen molar-refractivity contribution < 1.29 is 0 Å². The SMILES string of the molecule is O=c1[nH]c2ccccc2n(C2CC3C=CC(C2)N3C2C=CCCCCC2)c1=O. The highest BCUT2D eigenvalue weighted by Gasteiger charge is 2.41. The van der Waals surface area contributed by atoms with E-state index in [1.54, 1.807) is 4.57 Å². The first kappa shape index (κ1) is 17.7. The molecule has 5 heteroatoms. The maximum atomic E-state index is 12.8. The molecule has 0 saturated carbocycles. The number of nitrogens with zero attached hydrogens (tertiary/aromatic N) is 2. The Labute approximate surface area is 164 Å². The lowest BCUT2D eigenvalue weighted by atomic mass is 9.91. The van der Waals surface area contributed by atoms with E-state index in [2.05, 4.69) is 34.2 Å². The molecule has 1 fully saturated rings. The van der Waals surface area contributed by atoms with E-state index in [4.69, 9.17) is 0 Å². The Morgan fingerprint density at radius 3 is 2.50 bits per heavy atom. The molecule has 1 aromatic heterocycles. The maximum Gasteiger partial charge on any atom is 0.316 e. The molecule has 2 aliphatic heterocycles. The third-order valence-corrected chi connectivity index (χ3v) is 6.65. The zero-order valence-corrected chi connectivity index (χ0v) is 16.1. The second-order valence-corrected chi connectivity index (χ2v) is 8.37. The highest BCUT2D eigenvalue weighted by atomic mass is 16.2. The van der Waals surface area contributed by atoms with Crippen molar-refractivity contribution in [2.45, 2.75) is 69.1 Å². The predicted octanol–water partition coefficient (Wildman–Crippen LogP) is 3.52. The van der Waals surface area contributed by atoms with Crippen LogP contribution in [-0.4, -0.2) is 32.6 Å². The molecule has 0 spiro atoms. The van der Waals surface area contributed by atoms with Crippen molar-refractivity contribution in [3.05, 3.63) is 69.3 Å². The predicted molar refractivity (Wildman–Crippen MR) is 112 cm³/mol. The van der Waals surface area contributed by atoms with Gasteiger partial charge < -0.3 is 4.98 Å². The number of nitrogens with one attached hydrogen (secondary N) is 1. The molecule has 2 bridgehead atoms. The summed E-state index contributed by atoms with van der Waals surface area (Å²) in [5.74, 6) is 0. The van der Waals surface area contributed by atoms with Crippen molar-refractivity contribution in [3.63, 3.8) is 0 Å². The number of H-pyrrole nitrogens is 1. The van der Waals surface area contributed by atoms with Gasteiger partial charge in [-0.2, -0.15) is 0 Å². The number of hydrogen-bond donors (Lipinski definition) is 1. The molecule has 5 rings (SSSR count). The van der Waals surface area contributed by atoms with Gasteiger partial charge in [0.25, 0.3) is 0 Å². The van der Waals surface area contributed by atoms with Crippen LogP contribution in [-0.2, 0) is 0 Å². The highest BCUT2D eigenvalue weighted by molar-refractivity contribution is 5.74. The van der Waals surface area contributed by atoms with E-state index >= 15 is 0 Å². The molecule has 3 aliphatic rings. The van der Waals surface area contributed by atoms with Gasteiger partial charge in [-0.25, -0.2) is 0 Å². The van der Waals surface area contributed by atoms with E-state index in [0.717, 1.165) is 23.9 Å². The number of para-hydroxylation sites is 2. The minimum atomic E-state index is -0.524. The van der Waals surface area contributed by atoms with E-state index in [1.165, 1.54) is 32.1 Å². The first-order valence-corrected chi connectivity index (χ1v) is 10.6. The fourth-order valence-electron chi connectivity index (χ4n) is 5.40. The van der Waals surface area contributed by atoms with Crippen molar-refractivity contribution in [3.8, 4) is 0 Å². The molecule has 5 nitrogen and oxygen atoms in total. The van der Waals surface area contributed by atoms with Crippen molar-refractivity contribution in [2.24, 2.45) is 0 Å².